The van der Waals surface area contributed by atoms with Crippen LogP contribution in [0.15, 0.2) is 47.4 Å². The van der Waals surface area contributed by atoms with Crippen molar-refractivity contribution in [1.29, 1.82) is 0 Å². The maximum Gasteiger partial charge on any atom is 0.293 e. The fourth-order valence-corrected chi connectivity index (χ4v) is 3.35. The molecule has 3 rings (SSSR count). The van der Waals surface area contributed by atoms with Gasteiger partial charge in [0.25, 0.3) is 11.1 Å². The van der Waals surface area contributed by atoms with Crippen molar-refractivity contribution in [3.63, 3.8) is 0 Å². The van der Waals surface area contributed by atoms with Crippen LogP contribution in [0.3, 0.4) is 0 Å². The summed E-state index contributed by atoms with van der Waals surface area (Å²) in [5, 5.41) is 9.60. The van der Waals surface area contributed by atoms with Crippen LogP contribution in [0.5, 0.6) is 17.2 Å². The van der Waals surface area contributed by atoms with E-state index in [0.29, 0.717) is 17.1 Å². The Kier molecular flexibility index (Phi) is 5.71. The van der Waals surface area contributed by atoms with Gasteiger partial charge in [-0.15, -0.1) is 0 Å². The van der Waals surface area contributed by atoms with E-state index in [1.54, 1.807) is 12.1 Å². The summed E-state index contributed by atoms with van der Waals surface area (Å²) in [4.78, 5) is 26.1. The van der Waals surface area contributed by atoms with Crippen molar-refractivity contribution in [2.75, 3.05) is 20.3 Å². The van der Waals surface area contributed by atoms with Crippen LogP contribution >= 0.6 is 11.8 Å². The smallest absolute Gasteiger partial charge is 0.293 e. The van der Waals surface area contributed by atoms with E-state index in [4.69, 9.17) is 9.47 Å². The predicted molar refractivity (Wildman–Crippen MR) is 104 cm³/mol. The lowest BCUT2D eigenvalue weighted by Gasteiger charge is -2.13. The van der Waals surface area contributed by atoms with Gasteiger partial charge in [-0.2, -0.15) is 0 Å². The molecule has 0 unspecified atom stereocenters. The third kappa shape index (κ3) is 4.43. The average Bonchev–Trinajstić information content (AvgIpc) is 2.92. The van der Waals surface area contributed by atoms with E-state index >= 15 is 0 Å². The number of benzene rings is 2. The molecule has 0 aromatic heterocycles. The highest BCUT2D eigenvalue weighted by atomic mass is 32.2. The van der Waals surface area contributed by atoms with Gasteiger partial charge in [-0.1, -0.05) is 17.7 Å². The summed E-state index contributed by atoms with van der Waals surface area (Å²) in [6.45, 7) is 2.34. The third-order valence-corrected chi connectivity index (χ3v) is 4.91. The van der Waals surface area contributed by atoms with Crippen molar-refractivity contribution in [2.45, 2.75) is 6.92 Å². The van der Waals surface area contributed by atoms with Gasteiger partial charge in [0, 0.05) is 5.56 Å². The summed E-state index contributed by atoms with van der Waals surface area (Å²) in [6, 6.07) is 12.2. The Bertz CT molecular complexity index is 892. The maximum absolute atomic E-state index is 12.5. The summed E-state index contributed by atoms with van der Waals surface area (Å²) in [7, 11) is 1.51. The Morgan fingerprint density at radius 3 is 2.52 bits per heavy atom. The minimum Gasteiger partial charge on any atom is -0.507 e. The Morgan fingerprint density at radius 2 is 1.81 bits per heavy atom. The number of aromatic hydroxyl groups is 1. The largest absolute Gasteiger partial charge is 0.507 e. The molecule has 0 saturated carbocycles. The molecule has 2 amide bonds. The average molecular weight is 385 g/mol. The molecule has 140 valence electrons. The number of hydrogen-bond acceptors (Lipinski definition) is 6. The number of phenols is 1. The normalized spacial score (nSPS) is 15.5. The molecule has 27 heavy (non-hydrogen) atoms. The van der Waals surface area contributed by atoms with E-state index in [1.807, 2.05) is 31.2 Å². The lowest BCUT2D eigenvalue weighted by molar-refractivity contribution is -0.123. The molecule has 0 bridgehead atoms. The molecule has 0 aliphatic carbocycles. The number of ether oxygens (including phenoxy) is 2. The van der Waals surface area contributed by atoms with Crippen molar-refractivity contribution < 1.29 is 24.2 Å². The Hall–Kier alpha value is -2.93. The molecule has 1 heterocycles. The van der Waals surface area contributed by atoms with Crippen LogP contribution in [0.4, 0.5) is 4.79 Å². The van der Waals surface area contributed by atoms with E-state index in [-0.39, 0.29) is 29.0 Å². The quantitative estimate of drug-likeness (QED) is 0.762. The van der Waals surface area contributed by atoms with Crippen molar-refractivity contribution in [1.82, 2.24) is 4.90 Å². The monoisotopic (exact) mass is 385 g/mol. The first-order valence-corrected chi connectivity index (χ1v) is 9.11. The first kappa shape index (κ1) is 18.8. The number of aryl methyl sites for hydroxylation is 1. The van der Waals surface area contributed by atoms with Crippen LogP contribution in [0.2, 0.25) is 0 Å². The van der Waals surface area contributed by atoms with Crippen LogP contribution in [-0.2, 0) is 4.79 Å². The minimum absolute atomic E-state index is 0.00491. The molecule has 0 radical (unpaired) electrons. The number of methoxy groups -OCH3 is 1. The van der Waals surface area contributed by atoms with E-state index in [1.165, 1.54) is 19.3 Å². The number of carbonyl (C=O) groups is 2. The van der Waals surface area contributed by atoms with Gasteiger partial charge in [0.05, 0.1) is 18.6 Å². The number of hydrogen-bond donors (Lipinski definition) is 1. The Labute approximate surface area is 161 Å². The zero-order valence-electron chi connectivity index (χ0n) is 15.0. The van der Waals surface area contributed by atoms with E-state index < -0.39 is 5.91 Å². The number of rotatable bonds is 6. The molecule has 7 heteroatoms. The van der Waals surface area contributed by atoms with E-state index in [9.17, 15) is 14.7 Å². The lowest BCUT2D eigenvalue weighted by atomic mass is 10.1. The molecule has 2 aromatic carbocycles. The molecule has 0 atom stereocenters. The number of amides is 2. The fraction of sp³-hybridized carbons (Fsp3) is 0.200. The number of carbonyl (C=O) groups excluding carboxylic acids is 2. The zero-order chi connectivity index (χ0) is 19.4. The van der Waals surface area contributed by atoms with E-state index in [0.717, 1.165) is 22.2 Å². The molecule has 1 N–H and O–H groups in total. The summed E-state index contributed by atoms with van der Waals surface area (Å²) in [5.41, 5.74) is 1.54. The van der Waals surface area contributed by atoms with Gasteiger partial charge in [0.2, 0.25) is 0 Å². The van der Waals surface area contributed by atoms with Crippen LogP contribution in [-0.4, -0.2) is 41.4 Å². The van der Waals surface area contributed by atoms with Gasteiger partial charge < -0.3 is 14.6 Å². The summed E-state index contributed by atoms with van der Waals surface area (Å²) >= 11 is 0.838. The molecule has 1 aliphatic heterocycles. The van der Waals surface area contributed by atoms with E-state index in [2.05, 4.69) is 0 Å². The van der Waals surface area contributed by atoms with Crippen molar-refractivity contribution in [3.05, 3.63) is 58.5 Å². The first-order chi connectivity index (χ1) is 13.0. The lowest BCUT2D eigenvalue weighted by Crippen LogP contribution is -2.32. The first-order valence-electron chi connectivity index (χ1n) is 8.30. The van der Waals surface area contributed by atoms with Crippen LogP contribution < -0.4 is 9.47 Å². The highest BCUT2D eigenvalue weighted by Gasteiger charge is 2.35. The predicted octanol–water partition coefficient (Wildman–Crippen LogP) is 3.82. The maximum atomic E-state index is 12.5. The second-order valence-corrected chi connectivity index (χ2v) is 6.91. The summed E-state index contributed by atoms with van der Waals surface area (Å²) < 4.78 is 10.7. The molecular weight excluding hydrogens is 366 g/mol. The Balaban J connectivity index is 1.67. The summed E-state index contributed by atoms with van der Waals surface area (Å²) in [5.74, 6) is 0.833. The van der Waals surface area contributed by atoms with Crippen LogP contribution in [0, 0.1) is 6.92 Å². The molecule has 1 saturated heterocycles. The molecule has 2 aromatic rings. The highest BCUT2D eigenvalue weighted by molar-refractivity contribution is 8.18. The minimum atomic E-state index is -0.403. The van der Waals surface area contributed by atoms with Gasteiger partial charge in [0.15, 0.2) is 0 Å². The van der Waals surface area contributed by atoms with Gasteiger partial charge in [0.1, 0.15) is 23.9 Å². The third-order valence-electron chi connectivity index (χ3n) is 4.00. The molecule has 0 spiro atoms. The van der Waals surface area contributed by atoms with Crippen molar-refractivity contribution in [3.8, 4) is 17.2 Å². The molecule has 1 aliphatic rings. The zero-order valence-corrected chi connectivity index (χ0v) is 15.8. The standard InChI is InChI=1S/C20H19NO5S/c1-13-3-5-15(6-4-13)26-10-9-21-19(23)18(27-20(21)24)12-14-11-16(25-2)7-8-17(14)22/h3-8,11-12,22H,9-10H2,1-2H3/b18-12-. The Morgan fingerprint density at radius 1 is 1.11 bits per heavy atom. The molecular formula is C20H19NO5S. The highest BCUT2D eigenvalue weighted by Crippen LogP contribution is 2.34. The van der Waals surface area contributed by atoms with Crippen LogP contribution in [0.1, 0.15) is 11.1 Å². The summed E-state index contributed by atoms with van der Waals surface area (Å²) in [6.07, 6.45) is 1.49. The van der Waals surface area contributed by atoms with Gasteiger partial charge in [-0.25, -0.2) is 0 Å². The van der Waals surface area contributed by atoms with Crippen LogP contribution in [0.25, 0.3) is 6.08 Å². The number of nitrogens with zero attached hydrogens (tertiary/aromatic N) is 1. The number of imide groups is 1. The number of thioether (sulfide) groups is 1. The van der Waals surface area contributed by atoms with Gasteiger partial charge in [-0.3, -0.25) is 14.5 Å². The van der Waals surface area contributed by atoms with Gasteiger partial charge >= 0.3 is 0 Å². The number of phenolic OH excluding ortho intramolecular Hbond substituents is 1. The fourth-order valence-electron chi connectivity index (χ4n) is 2.50. The van der Waals surface area contributed by atoms with Gasteiger partial charge in [-0.05, 0) is 55.1 Å². The van der Waals surface area contributed by atoms with Crippen molar-refractivity contribution >= 4 is 29.0 Å². The topological polar surface area (TPSA) is 76.1 Å². The SMILES string of the molecule is COc1ccc(O)c(/C=C2\SC(=O)N(CCOc3ccc(C)cc3)C2=O)c1. The second-order valence-electron chi connectivity index (χ2n) is 5.92. The molecule has 1 fully saturated rings. The second kappa shape index (κ2) is 8.18. The van der Waals surface area contributed by atoms with Crippen molar-refractivity contribution in [2.24, 2.45) is 0 Å². The molecule has 6 nitrogen and oxygen atoms in total.